The molecule has 9 rings (SSSR count). The summed E-state index contributed by atoms with van der Waals surface area (Å²) in [4.78, 5) is 43.3. The van der Waals surface area contributed by atoms with E-state index < -0.39 is 0 Å². The molecule has 2 aliphatic rings. The van der Waals surface area contributed by atoms with E-state index in [1.54, 1.807) is 34.4 Å². The molecule has 7 aromatic rings. The van der Waals surface area contributed by atoms with E-state index in [1.165, 1.54) is 23.8 Å². The first-order chi connectivity index (χ1) is 25.3. The average molecular weight is 759 g/mol. The molecule has 2 amide bonds. The van der Waals surface area contributed by atoms with Gasteiger partial charge in [0.25, 0.3) is 5.91 Å². The van der Waals surface area contributed by atoms with Crippen molar-refractivity contribution < 1.29 is 9.59 Å². The van der Waals surface area contributed by atoms with Crippen molar-refractivity contribution in [2.24, 2.45) is 5.92 Å². The molecule has 260 valence electrons. The maximum atomic E-state index is 13.9. The number of aromatic nitrogens is 3. The molecular weight excluding hydrogens is 725 g/mol. The Morgan fingerprint density at radius 1 is 0.846 bits per heavy atom. The van der Waals surface area contributed by atoms with Gasteiger partial charge in [0.15, 0.2) is 0 Å². The van der Waals surface area contributed by atoms with Crippen molar-refractivity contribution in [3.8, 4) is 21.8 Å². The molecule has 1 fully saturated rings. The summed E-state index contributed by atoms with van der Waals surface area (Å²) in [5.74, 6) is 0.0766. The van der Waals surface area contributed by atoms with Gasteiger partial charge in [-0.05, 0) is 69.3 Å². The number of benzene rings is 3. The Bertz CT molecular complexity index is 2480. The number of anilines is 1. The van der Waals surface area contributed by atoms with Gasteiger partial charge in [-0.3, -0.25) is 19.5 Å². The number of nitrogens with one attached hydrogen (secondary N) is 2. The van der Waals surface area contributed by atoms with Crippen molar-refractivity contribution in [1.82, 2.24) is 25.2 Å². The second kappa shape index (κ2) is 13.5. The third-order valence-corrected chi connectivity index (χ3v) is 14.3. The minimum Gasteiger partial charge on any atom is -0.317 e. The zero-order chi connectivity index (χ0) is 35.5. The normalized spacial score (nSPS) is 17.8. The lowest BCUT2D eigenvalue weighted by Gasteiger charge is -2.37. The first-order valence-corrected chi connectivity index (χ1v) is 20.6. The number of nitrogens with zero attached hydrogens (tertiary/aromatic N) is 4. The molecule has 0 spiro atoms. The minimum absolute atomic E-state index is 0.133. The lowest BCUT2D eigenvalue weighted by atomic mass is 9.89. The molecule has 2 atom stereocenters. The number of thiazole rings is 2. The number of para-hydroxylation sites is 2. The maximum Gasteiger partial charge on any atom is 0.256 e. The highest BCUT2D eigenvalue weighted by atomic mass is 32.2. The van der Waals surface area contributed by atoms with Gasteiger partial charge in [-0.2, -0.15) is 0 Å². The van der Waals surface area contributed by atoms with Crippen LogP contribution in [0.25, 0.3) is 57.9 Å². The number of piperidine rings is 1. The molecule has 1 saturated heterocycles. The standard InChI is InChI=1S/C40H34N6O2S4/c1-21(2)46-17-16-25-33(20-46)52-40(34(25)38-43-27-8-4-6-10-30(27)49-38)45-36(48)24-14-12-23(13-15-24)29-18-26-32(19-41-29)51-37(42-22(3)47)35(26)39-44-28-9-5-7-11-31(28)50-39/h4-15,18-19,21,25,33H,16-17,20H2,1-3H3,(H,42,47)(H,45,48). The zero-order valence-corrected chi connectivity index (χ0v) is 31.9. The van der Waals surface area contributed by atoms with E-state index in [2.05, 4.69) is 59.7 Å². The van der Waals surface area contributed by atoms with Gasteiger partial charge in [0.2, 0.25) is 5.91 Å². The Morgan fingerprint density at radius 2 is 1.54 bits per heavy atom. The number of hydrogen-bond donors (Lipinski definition) is 2. The van der Waals surface area contributed by atoms with Crippen LogP contribution in [0.1, 0.15) is 42.6 Å². The van der Waals surface area contributed by atoms with Crippen molar-refractivity contribution in [1.29, 1.82) is 0 Å². The number of likely N-dealkylation sites (tertiary alicyclic amines) is 1. The minimum atomic E-state index is -0.133. The van der Waals surface area contributed by atoms with Crippen LogP contribution in [-0.4, -0.2) is 56.0 Å². The highest BCUT2D eigenvalue weighted by Crippen LogP contribution is 2.51. The fourth-order valence-electron chi connectivity index (χ4n) is 7.15. The third kappa shape index (κ3) is 6.12. The lowest BCUT2D eigenvalue weighted by Crippen LogP contribution is -2.44. The number of fused-ring (bicyclic) bond motifs is 4. The number of pyridine rings is 1. The summed E-state index contributed by atoms with van der Waals surface area (Å²) in [6, 6.07) is 26.5. The predicted octanol–water partition coefficient (Wildman–Crippen LogP) is 9.75. The molecule has 52 heavy (non-hydrogen) atoms. The number of allylic oxidation sites excluding steroid dienone is 1. The molecule has 12 heteroatoms. The number of amides is 2. The number of thioether (sulfide) groups is 1. The highest BCUT2D eigenvalue weighted by molar-refractivity contribution is 8.04. The zero-order valence-electron chi connectivity index (χ0n) is 28.7. The van der Waals surface area contributed by atoms with E-state index in [0.29, 0.717) is 22.8 Å². The van der Waals surface area contributed by atoms with Crippen molar-refractivity contribution in [3.05, 3.63) is 101 Å². The van der Waals surface area contributed by atoms with Gasteiger partial charge in [0, 0.05) is 59.0 Å². The highest BCUT2D eigenvalue weighted by Gasteiger charge is 2.42. The largest absolute Gasteiger partial charge is 0.317 e. The molecular formula is C40H34N6O2S4. The van der Waals surface area contributed by atoms with E-state index in [-0.39, 0.29) is 11.8 Å². The number of carbonyl (C=O) groups excluding carboxylic acids is 2. The quantitative estimate of drug-likeness (QED) is 0.167. The summed E-state index contributed by atoms with van der Waals surface area (Å²) in [6.45, 7) is 8.06. The second-order valence-electron chi connectivity index (χ2n) is 13.4. The summed E-state index contributed by atoms with van der Waals surface area (Å²) < 4.78 is 3.21. The van der Waals surface area contributed by atoms with E-state index in [0.717, 1.165) is 86.9 Å². The molecule has 2 unspecified atom stereocenters. The number of carbonyl (C=O) groups is 2. The van der Waals surface area contributed by atoms with Gasteiger partial charge in [-0.25, -0.2) is 9.97 Å². The lowest BCUT2D eigenvalue weighted by molar-refractivity contribution is -0.114. The van der Waals surface area contributed by atoms with Crippen LogP contribution in [0.4, 0.5) is 5.00 Å². The number of rotatable bonds is 7. The van der Waals surface area contributed by atoms with Crippen molar-refractivity contribution in [3.63, 3.8) is 0 Å². The van der Waals surface area contributed by atoms with Crippen LogP contribution in [0, 0.1) is 5.92 Å². The summed E-state index contributed by atoms with van der Waals surface area (Å²) >= 11 is 6.61. The fraction of sp³-hybridized carbons (Fsp3) is 0.225. The molecule has 6 heterocycles. The first-order valence-electron chi connectivity index (χ1n) is 17.3. The van der Waals surface area contributed by atoms with Crippen molar-refractivity contribution >= 4 is 98.7 Å². The van der Waals surface area contributed by atoms with Crippen LogP contribution in [0.5, 0.6) is 0 Å². The van der Waals surface area contributed by atoms with Gasteiger partial charge in [0.05, 0.1) is 41.4 Å². The SMILES string of the molecule is CC(=O)Nc1sc2cnc(-c3ccc(C(=O)NC4=C(c5nc6ccccc6s5)C5CCN(C(C)C)CC5S4)cc3)cc2c1-c1nc2ccccc2s1. The van der Waals surface area contributed by atoms with Crippen LogP contribution < -0.4 is 10.6 Å². The van der Waals surface area contributed by atoms with E-state index in [9.17, 15) is 9.59 Å². The predicted molar refractivity (Wildman–Crippen MR) is 218 cm³/mol. The van der Waals surface area contributed by atoms with Crippen LogP contribution in [0.2, 0.25) is 0 Å². The van der Waals surface area contributed by atoms with E-state index in [1.807, 2.05) is 54.7 Å². The van der Waals surface area contributed by atoms with Crippen LogP contribution in [0.15, 0.2) is 90.1 Å². The third-order valence-electron chi connectivity index (χ3n) is 9.77. The number of hydrogen-bond acceptors (Lipinski definition) is 10. The second-order valence-corrected chi connectivity index (χ2v) is 17.8. The van der Waals surface area contributed by atoms with Gasteiger partial charge in [-0.1, -0.05) is 36.4 Å². The van der Waals surface area contributed by atoms with Gasteiger partial charge in [0.1, 0.15) is 15.0 Å². The van der Waals surface area contributed by atoms with Gasteiger partial charge in [-0.15, -0.1) is 45.8 Å². The van der Waals surface area contributed by atoms with Crippen molar-refractivity contribution in [2.75, 3.05) is 18.4 Å². The Balaban J connectivity index is 1.02. The molecule has 0 radical (unpaired) electrons. The summed E-state index contributed by atoms with van der Waals surface area (Å²) in [7, 11) is 0. The Morgan fingerprint density at radius 3 is 2.23 bits per heavy atom. The molecule has 2 N–H and O–H groups in total. The smallest absolute Gasteiger partial charge is 0.256 e. The van der Waals surface area contributed by atoms with Gasteiger partial charge < -0.3 is 10.6 Å². The maximum absolute atomic E-state index is 13.9. The van der Waals surface area contributed by atoms with Crippen LogP contribution in [0.3, 0.4) is 0 Å². The molecule has 0 saturated carbocycles. The number of thiophene rings is 1. The van der Waals surface area contributed by atoms with Crippen molar-refractivity contribution in [2.45, 2.75) is 38.5 Å². The Kier molecular flexibility index (Phi) is 8.67. The topological polar surface area (TPSA) is 100 Å². The molecule has 2 aliphatic heterocycles. The van der Waals surface area contributed by atoms with Crippen LogP contribution >= 0.6 is 45.8 Å². The molecule has 0 aliphatic carbocycles. The summed E-state index contributed by atoms with van der Waals surface area (Å²) in [6.07, 6.45) is 2.90. The van der Waals surface area contributed by atoms with Crippen LogP contribution in [-0.2, 0) is 4.79 Å². The Labute approximate surface area is 317 Å². The molecule has 3 aromatic carbocycles. The van der Waals surface area contributed by atoms with Gasteiger partial charge >= 0.3 is 0 Å². The first kappa shape index (κ1) is 33.4. The summed E-state index contributed by atoms with van der Waals surface area (Å²) in [5, 5.41) is 11.2. The summed E-state index contributed by atoms with van der Waals surface area (Å²) in [5.41, 5.74) is 6.26. The molecule has 4 aromatic heterocycles. The van der Waals surface area contributed by atoms with E-state index in [4.69, 9.17) is 15.0 Å². The monoisotopic (exact) mass is 758 g/mol. The molecule has 8 nitrogen and oxygen atoms in total. The van der Waals surface area contributed by atoms with E-state index >= 15 is 0 Å². The average Bonchev–Trinajstić information content (AvgIpc) is 3.92. The fourth-order valence-corrected chi connectivity index (χ4v) is 12.0. The molecule has 0 bridgehead atoms. The Hall–Kier alpha value is -4.46.